The normalized spacial score (nSPS) is 11.3. The molecule has 0 aliphatic rings. The van der Waals surface area contributed by atoms with Crippen LogP contribution in [0.5, 0.6) is 0 Å². The highest BCUT2D eigenvalue weighted by molar-refractivity contribution is 7.90. The van der Waals surface area contributed by atoms with Crippen molar-refractivity contribution in [2.24, 2.45) is 0 Å². The molecule has 0 aliphatic carbocycles. The van der Waals surface area contributed by atoms with Gasteiger partial charge in [0, 0.05) is 38.9 Å². The second-order valence-electron chi connectivity index (χ2n) is 7.07. The number of rotatable bonds is 7. The van der Waals surface area contributed by atoms with Crippen molar-refractivity contribution in [3.63, 3.8) is 0 Å². The zero-order valence-electron chi connectivity index (χ0n) is 16.7. The van der Waals surface area contributed by atoms with Gasteiger partial charge in [-0.2, -0.15) is 0 Å². The molecular formula is C22H24N2O4S. The van der Waals surface area contributed by atoms with E-state index in [1.807, 2.05) is 43.3 Å². The Balaban J connectivity index is 1.74. The first kappa shape index (κ1) is 20.7. The zero-order chi connectivity index (χ0) is 21.0. The first-order chi connectivity index (χ1) is 13.8. The second-order valence-corrected chi connectivity index (χ2v) is 9.06. The van der Waals surface area contributed by atoms with Crippen LogP contribution in [-0.2, 0) is 22.1 Å². The third kappa shape index (κ3) is 4.86. The van der Waals surface area contributed by atoms with Gasteiger partial charge in [-0.05, 0) is 35.9 Å². The number of sulfone groups is 1. The smallest absolute Gasteiger partial charge is 0.289 e. The van der Waals surface area contributed by atoms with Gasteiger partial charge in [-0.15, -0.1) is 0 Å². The van der Waals surface area contributed by atoms with Crippen molar-refractivity contribution in [2.45, 2.75) is 17.2 Å². The van der Waals surface area contributed by atoms with Crippen LogP contribution in [0.2, 0.25) is 0 Å². The quantitative estimate of drug-likeness (QED) is 0.593. The molecule has 0 spiro atoms. The van der Waals surface area contributed by atoms with Gasteiger partial charge in [-0.1, -0.05) is 30.3 Å². The predicted molar refractivity (Wildman–Crippen MR) is 113 cm³/mol. The topological polar surface area (TPSA) is 70.8 Å². The van der Waals surface area contributed by atoms with Gasteiger partial charge in [0.15, 0.2) is 15.6 Å². The number of furan rings is 1. The second kappa shape index (κ2) is 8.53. The van der Waals surface area contributed by atoms with E-state index in [2.05, 4.69) is 0 Å². The summed E-state index contributed by atoms with van der Waals surface area (Å²) in [6, 6.07) is 17.6. The summed E-state index contributed by atoms with van der Waals surface area (Å²) in [5, 5.41) is 0. The van der Waals surface area contributed by atoms with Crippen molar-refractivity contribution in [3.05, 3.63) is 83.8 Å². The number of amides is 1. The molecule has 29 heavy (non-hydrogen) atoms. The standard InChI is InChI=1S/C22H24N2O4S/c1-23(2)19-11-9-17(10-12-19)15-24(3)22(25)21-18(13-14-28-21)16-29(26,27)20-7-5-4-6-8-20/h4-14H,15-16H2,1-3H3. The van der Waals surface area contributed by atoms with Crippen molar-refractivity contribution in [1.29, 1.82) is 0 Å². The summed E-state index contributed by atoms with van der Waals surface area (Å²) in [7, 11) is 2.02. The monoisotopic (exact) mass is 412 g/mol. The van der Waals surface area contributed by atoms with E-state index in [9.17, 15) is 13.2 Å². The first-order valence-corrected chi connectivity index (χ1v) is 10.8. The molecule has 0 fully saturated rings. The molecule has 1 aromatic heterocycles. The van der Waals surface area contributed by atoms with Crippen molar-refractivity contribution in [3.8, 4) is 0 Å². The minimum Gasteiger partial charge on any atom is -0.459 e. The molecular weight excluding hydrogens is 388 g/mol. The molecule has 6 nitrogen and oxygen atoms in total. The fourth-order valence-corrected chi connectivity index (χ4v) is 4.35. The fraction of sp³-hybridized carbons (Fsp3) is 0.227. The maximum Gasteiger partial charge on any atom is 0.289 e. The van der Waals surface area contributed by atoms with E-state index in [1.165, 1.54) is 17.2 Å². The minimum absolute atomic E-state index is 0.0527. The maximum absolute atomic E-state index is 12.9. The third-order valence-corrected chi connectivity index (χ3v) is 6.29. The molecule has 0 aliphatic heterocycles. The fourth-order valence-electron chi connectivity index (χ4n) is 2.97. The van der Waals surface area contributed by atoms with E-state index in [1.54, 1.807) is 37.4 Å². The van der Waals surface area contributed by atoms with Gasteiger partial charge in [-0.3, -0.25) is 4.79 Å². The highest BCUT2D eigenvalue weighted by Crippen LogP contribution is 2.22. The third-order valence-electron chi connectivity index (χ3n) is 4.61. The minimum atomic E-state index is -3.57. The highest BCUT2D eigenvalue weighted by atomic mass is 32.2. The Labute approximate surface area is 171 Å². The summed E-state index contributed by atoms with van der Waals surface area (Å²) in [5.74, 6) is -0.596. The predicted octanol–water partition coefficient (Wildman–Crippen LogP) is 3.59. The van der Waals surface area contributed by atoms with Crippen LogP contribution in [-0.4, -0.2) is 40.4 Å². The summed E-state index contributed by atoms with van der Waals surface area (Å²) >= 11 is 0. The lowest BCUT2D eigenvalue weighted by molar-refractivity contribution is 0.0752. The molecule has 152 valence electrons. The van der Waals surface area contributed by atoms with Gasteiger partial charge in [0.2, 0.25) is 0 Å². The number of hydrogen-bond acceptors (Lipinski definition) is 5. The van der Waals surface area contributed by atoms with Crippen LogP contribution < -0.4 is 4.90 Å². The SMILES string of the molecule is CN(Cc1ccc(N(C)C)cc1)C(=O)c1occc1CS(=O)(=O)c1ccccc1. The van der Waals surface area contributed by atoms with Crippen LogP contribution in [0.25, 0.3) is 0 Å². The van der Waals surface area contributed by atoms with Crippen LogP contribution in [0, 0.1) is 0 Å². The molecule has 1 heterocycles. The molecule has 0 atom stereocenters. The largest absolute Gasteiger partial charge is 0.459 e. The molecule has 0 unspecified atom stereocenters. The van der Waals surface area contributed by atoms with Gasteiger partial charge in [-0.25, -0.2) is 8.42 Å². The summed E-state index contributed by atoms with van der Waals surface area (Å²) in [5.41, 5.74) is 2.40. The highest BCUT2D eigenvalue weighted by Gasteiger charge is 2.24. The van der Waals surface area contributed by atoms with Gasteiger partial charge in [0.25, 0.3) is 5.91 Å². The maximum atomic E-state index is 12.9. The summed E-state index contributed by atoms with van der Waals surface area (Å²) in [6.45, 7) is 0.387. The number of nitrogens with zero attached hydrogens (tertiary/aromatic N) is 2. The summed E-state index contributed by atoms with van der Waals surface area (Å²) in [4.78, 5) is 16.6. The van der Waals surface area contributed by atoms with Crippen molar-refractivity contribution in [1.82, 2.24) is 4.90 Å². The van der Waals surface area contributed by atoms with E-state index < -0.39 is 9.84 Å². The van der Waals surface area contributed by atoms with E-state index in [4.69, 9.17) is 4.42 Å². The lowest BCUT2D eigenvalue weighted by atomic mass is 10.2. The molecule has 1 amide bonds. The van der Waals surface area contributed by atoms with Crippen LogP contribution in [0.4, 0.5) is 5.69 Å². The average Bonchev–Trinajstić information content (AvgIpc) is 3.15. The first-order valence-electron chi connectivity index (χ1n) is 9.14. The lowest BCUT2D eigenvalue weighted by Gasteiger charge is -2.18. The number of benzene rings is 2. The van der Waals surface area contributed by atoms with E-state index >= 15 is 0 Å². The molecule has 3 aromatic rings. The Hall–Kier alpha value is -3.06. The Bertz CT molecular complexity index is 1070. The van der Waals surface area contributed by atoms with Gasteiger partial charge in [0.05, 0.1) is 16.9 Å². The van der Waals surface area contributed by atoms with Crippen molar-refractivity contribution < 1.29 is 17.6 Å². The van der Waals surface area contributed by atoms with Crippen LogP contribution in [0.1, 0.15) is 21.7 Å². The van der Waals surface area contributed by atoms with Crippen LogP contribution >= 0.6 is 0 Å². The molecule has 3 rings (SSSR count). The lowest BCUT2D eigenvalue weighted by Crippen LogP contribution is -2.27. The number of carbonyl (C=O) groups is 1. The molecule has 0 radical (unpaired) electrons. The van der Waals surface area contributed by atoms with Gasteiger partial charge >= 0.3 is 0 Å². The Kier molecular flexibility index (Phi) is 6.08. The number of carbonyl (C=O) groups excluding carboxylic acids is 1. The summed E-state index contributed by atoms with van der Waals surface area (Å²) < 4.78 is 30.7. The molecule has 7 heteroatoms. The summed E-state index contributed by atoms with van der Waals surface area (Å²) in [6.07, 6.45) is 1.35. The van der Waals surface area contributed by atoms with Gasteiger partial charge in [0.1, 0.15) is 0 Å². The molecule has 0 saturated carbocycles. The van der Waals surface area contributed by atoms with Crippen LogP contribution in [0.15, 0.2) is 76.2 Å². The molecule has 0 saturated heterocycles. The Morgan fingerprint density at radius 1 is 0.931 bits per heavy atom. The van der Waals surface area contributed by atoms with E-state index in [0.717, 1.165) is 11.3 Å². The molecule has 2 aromatic carbocycles. The number of hydrogen-bond donors (Lipinski definition) is 0. The van der Waals surface area contributed by atoms with Gasteiger partial charge < -0.3 is 14.2 Å². The Morgan fingerprint density at radius 3 is 2.21 bits per heavy atom. The average molecular weight is 413 g/mol. The van der Waals surface area contributed by atoms with E-state index in [-0.39, 0.29) is 22.3 Å². The molecule has 0 N–H and O–H groups in total. The Morgan fingerprint density at radius 2 is 1.59 bits per heavy atom. The van der Waals surface area contributed by atoms with E-state index in [0.29, 0.717) is 12.1 Å². The molecule has 0 bridgehead atoms. The van der Waals surface area contributed by atoms with Crippen molar-refractivity contribution in [2.75, 3.05) is 26.0 Å². The van der Waals surface area contributed by atoms with Crippen LogP contribution in [0.3, 0.4) is 0 Å². The number of anilines is 1. The zero-order valence-corrected chi connectivity index (χ0v) is 17.5. The van der Waals surface area contributed by atoms with Crippen molar-refractivity contribution >= 4 is 21.4 Å².